The van der Waals surface area contributed by atoms with Crippen molar-refractivity contribution in [2.24, 2.45) is 0 Å². The summed E-state index contributed by atoms with van der Waals surface area (Å²) in [6.45, 7) is 2.17. The normalized spacial score (nSPS) is 11.2. The molecule has 0 aliphatic rings. The molecule has 4 nitrogen and oxygen atoms in total. The minimum atomic E-state index is -3.17. The van der Waals surface area contributed by atoms with E-state index in [0.717, 1.165) is 17.5 Å². The molecule has 0 heterocycles. The Bertz CT molecular complexity index is 567. The van der Waals surface area contributed by atoms with Gasteiger partial charge in [-0.05, 0) is 24.1 Å². The highest BCUT2D eigenvalue weighted by Crippen LogP contribution is 2.10. The van der Waals surface area contributed by atoms with E-state index in [0.29, 0.717) is 13.0 Å². The first-order valence-corrected chi connectivity index (χ1v) is 8.23. The smallest absolute Gasteiger partial charge is 0.214 e. The van der Waals surface area contributed by atoms with E-state index in [1.807, 2.05) is 31.2 Å². The molecule has 0 aliphatic carbocycles. The number of unbranched alkanes of at least 4 members (excludes halogenated alkanes) is 1. The van der Waals surface area contributed by atoms with Crippen molar-refractivity contribution in [1.82, 2.24) is 4.31 Å². The first-order chi connectivity index (χ1) is 9.49. The van der Waals surface area contributed by atoms with E-state index in [1.165, 1.54) is 4.31 Å². The predicted octanol–water partition coefficient (Wildman–Crippen LogP) is 1.59. The van der Waals surface area contributed by atoms with Gasteiger partial charge in [-0.2, -0.15) is 0 Å². The van der Waals surface area contributed by atoms with Crippen molar-refractivity contribution < 1.29 is 13.5 Å². The third-order valence-electron chi connectivity index (χ3n) is 2.90. The topological polar surface area (TPSA) is 57.6 Å². The molecule has 0 atom stereocenters. The van der Waals surface area contributed by atoms with E-state index in [4.69, 9.17) is 5.11 Å². The summed E-state index contributed by atoms with van der Waals surface area (Å²) in [5.74, 6) is 5.57. The van der Waals surface area contributed by atoms with Crippen molar-refractivity contribution in [3.8, 4) is 11.8 Å². The van der Waals surface area contributed by atoms with E-state index < -0.39 is 10.0 Å². The number of aliphatic hydroxyl groups excluding tert-OH is 1. The third kappa shape index (κ3) is 5.33. The van der Waals surface area contributed by atoms with Crippen molar-refractivity contribution >= 4 is 10.0 Å². The van der Waals surface area contributed by atoms with Gasteiger partial charge < -0.3 is 5.11 Å². The number of benzene rings is 1. The summed E-state index contributed by atoms with van der Waals surface area (Å²) in [4.78, 5) is 0. The summed E-state index contributed by atoms with van der Waals surface area (Å²) in [5.41, 5.74) is 1.72. The van der Waals surface area contributed by atoms with E-state index >= 15 is 0 Å². The van der Waals surface area contributed by atoms with Crippen LogP contribution in [0.1, 0.15) is 30.9 Å². The second kappa shape index (κ2) is 8.05. The lowest BCUT2D eigenvalue weighted by Crippen LogP contribution is -2.28. The molecular formula is C15H21NO3S. The zero-order valence-corrected chi connectivity index (χ0v) is 12.8. The van der Waals surface area contributed by atoms with E-state index in [9.17, 15) is 8.42 Å². The summed E-state index contributed by atoms with van der Waals surface area (Å²) in [6.07, 6.45) is 1.55. The lowest BCUT2D eigenvalue weighted by Gasteiger charge is -2.17. The van der Waals surface area contributed by atoms with Crippen LogP contribution in [0.15, 0.2) is 24.3 Å². The molecule has 1 aromatic carbocycles. The van der Waals surface area contributed by atoms with Gasteiger partial charge in [-0.15, -0.1) is 0 Å². The van der Waals surface area contributed by atoms with Crippen LogP contribution in [0, 0.1) is 11.8 Å². The minimum Gasteiger partial charge on any atom is -0.384 e. The Kier molecular flexibility index (Phi) is 6.73. The van der Waals surface area contributed by atoms with Crippen molar-refractivity contribution in [2.75, 3.05) is 19.4 Å². The van der Waals surface area contributed by atoms with E-state index in [1.54, 1.807) is 7.05 Å². The SMILES string of the molecule is CCCCS(=O)(=O)N(C)Cc1ccc(C#CCO)cc1. The van der Waals surface area contributed by atoms with Gasteiger partial charge in [-0.3, -0.25) is 0 Å². The number of hydrogen-bond acceptors (Lipinski definition) is 3. The fourth-order valence-electron chi connectivity index (χ4n) is 1.67. The molecule has 1 aromatic rings. The maximum atomic E-state index is 12.0. The lowest BCUT2D eigenvalue weighted by molar-refractivity contribution is 0.350. The molecule has 0 aromatic heterocycles. The minimum absolute atomic E-state index is 0.167. The maximum absolute atomic E-state index is 12.0. The molecule has 0 unspecified atom stereocenters. The van der Waals surface area contributed by atoms with Crippen molar-refractivity contribution in [3.05, 3.63) is 35.4 Å². The van der Waals surface area contributed by atoms with Gasteiger partial charge >= 0.3 is 0 Å². The van der Waals surface area contributed by atoms with Gasteiger partial charge in [-0.1, -0.05) is 37.3 Å². The van der Waals surface area contributed by atoms with Crippen LogP contribution >= 0.6 is 0 Å². The number of rotatable bonds is 6. The summed E-state index contributed by atoms with van der Waals surface area (Å²) in [6, 6.07) is 7.36. The van der Waals surface area contributed by atoms with Gasteiger partial charge in [0, 0.05) is 19.2 Å². The summed E-state index contributed by atoms with van der Waals surface area (Å²) >= 11 is 0. The zero-order chi connectivity index (χ0) is 15.0. The molecule has 0 fully saturated rings. The number of nitrogens with zero attached hydrogens (tertiary/aromatic N) is 1. The first-order valence-electron chi connectivity index (χ1n) is 6.62. The van der Waals surface area contributed by atoms with Gasteiger partial charge in [0.05, 0.1) is 5.75 Å². The fraction of sp³-hybridized carbons (Fsp3) is 0.467. The largest absolute Gasteiger partial charge is 0.384 e. The maximum Gasteiger partial charge on any atom is 0.214 e. The molecule has 0 aliphatic heterocycles. The van der Waals surface area contributed by atoms with Crippen molar-refractivity contribution in [3.63, 3.8) is 0 Å². The van der Waals surface area contributed by atoms with Crippen LogP contribution in [0.3, 0.4) is 0 Å². The number of sulfonamides is 1. The van der Waals surface area contributed by atoms with Crippen LogP contribution in [-0.4, -0.2) is 37.2 Å². The average molecular weight is 295 g/mol. The molecule has 0 saturated carbocycles. The highest BCUT2D eigenvalue weighted by atomic mass is 32.2. The molecular weight excluding hydrogens is 274 g/mol. The van der Waals surface area contributed by atoms with Crippen LogP contribution in [0.25, 0.3) is 0 Å². The monoisotopic (exact) mass is 295 g/mol. The number of hydrogen-bond donors (Lipinski definition) is 1. The molecule has 0 saturated heterocycles. The molecule has 0 radical (unpaired) electrons. The van der Waals surface area contributed by atoms with Crippen LogP contribution in [-0.2, 0) is 16.6 Å². The summed E-state index contributed by atoms with van der Waals surface area (Å²) in [5, 5.41) is 8.61. The third-order valence-corrected chi connectivity index (χ3v) is 4.79. The Labute approximate surface area is 121 Å². The van der Waals surface area contributed by atoms with Gasteiger partial charge in [0.2, 0.25) is 10.0 Å². The van der Waals surface area contributed by atoms with Gasteiger partial charge in [-0.25, -0.2) is 12.7 Å². The molecule has 0 bridgehead atoms. The molecule has 5 heteroatoms. The Morgan fingerprint density at radius 2 is 1.90 bits per heavy atom. The lowest BCUT2D eigenvalue weighted by atomic mass is 10.1. The molecule has 110 valence electrons. The Morgan fingerprint density at radius 1 is 1.25 bits per heavy atom. The van der Waals surface area contributed by atoms with Crippen LogP contribution in [0.5, 0.6) is 0 Å². The van der Waals surface area contributed by atoms with Crippen LogP contribution in [0.2, 0.25) is 0 Å². The molecule has 1 N–H and O–H groups in total. The second-order valence-electron chi connectivity index (χ2n) is 4.58. The summed E-state index contributed by atoms with van der Waals surface area (Å²) in [7, 11) is -1.57. The second-order valence-corrected chi connectivity index (χ2v) is 6.78. The zero-order valence-electron chi connectivity index (χ0n) is 12.0. The standard InChI is InChI=1S/C15H21NO3S/c1-3-4-12-20(18,19)16(2)13-15-9-7-14(8-10-15)6-5-11-17/h7-10,17H,3-4,11-13H2,1-2H3. The number of aliphatic hydroxyl groups is 1. The highest BCUT2D eigenvalue weighted by molar-refractivity contribution is 7.89. The van der Waals surface area contributed by atoms with E-state index in [-0.39, 0.29) is 12.4 Å². The molecule has 1 rings (SSSR count). The van der Waals surface area contributed by atoms with Crippen LogP contribution in [0.4, 0.5) is 0 Å². The molecule has 0 spiro atoms. The van der Waals surface area contributed by atoms with Gasteiger partial charge in [0.25, 0.3) is 0 Å². The molecule has 20 heavy (non-hydrogen) atoms. The van der Waals surface area contributed by atoms with Crippen molar-refractivity contribution in [2.45, 2.75) is 26.3 Å². The predicted molar refractivity (Wildman–Crippen MR) is 80.6 cm³/mol. The molecule has 0 amide bonds. The quantitative estimate of drug-likeness (QED) is 0.811. The average Bonchev–Trinajstić information content (AvgIpc) is 2.44. The Hall–Kier alpha value is -1.35. The fourth-order valence-corrected chi connectivity index (χ4v) is 2.98. The first kappa shape index (κ1) is 16.7. The van der Waals surface area contributed by atoms with Gasteiger partial charge in [0.1, 0.15) is 6.61 Å². The van der Waals surface area contributed by atoms with Crippen molar-refractivity contribution in [1.29, 1.82) is 0 Å². The highest BCUT2D eigenvalue weighted by Gasteiger charge is 2.16. The Balaban J connectivity index is 2.68. The van der Waals surface area contributed by atoms with Gasteiger partial charge in [0.15, 0.2) is 0 Å². The van der Waals surface area contributed by atoms with Crippen LogP contribution < -0.4 is 0 Å². The Morgan fingerprint density at radius 3 is 2.45 bits per heavy atom. The van der Waals surface area contributed by atoms with E-state index in [2.05, 4.69) is 11.8 Å². The summed E-state index contributed by atoms with van der Waals surface area (Å²) < 4.78 is 25.3.